The zero-order valence-corrected chi connectivity index (χ0v) is 18.4. The van der Waals surface area contributed by atoms with Gasteiger partial charge in [-0.3, -0.25) is 14.5 Å². The largest absolute Gasteiger partial charge is 0.336 e. The number of hydrogen-bond acceptors (Lipinski definition) is 5. The topological polar surface area (TPSA) is 69.3 Å². The normalized spacial score (nSPS) is 17.2. The number of halogens is 1. The lowest BCUT2D eigenvalue weighted by Gasteiger charge is -2.34. The van der Waals surface area contributed by atoms with Crippen LogP contribution in [0.3, 0.4) is 0 Å². The lowest BCUT2D eigenvalue weighted by atomic mass is 9.97. The van der Waals surface area contributed by atoms with Crippen LogP contribution in [-0.4, -0.2) is 51.9 Å². The molecule has 6 nitrogen and oxygen atoms in total. The van der Waals surface area contributed by atoms with E-state index in [9.17, 15) is 14.0 Å². The number of amides is 1. The van der Waals surface area contributed by atoms with Crippen LogP contribution in [0.1, 0.15) is 45.0 Å². The third-order valence-corrected chi connectivity index (χ3v) is 7.51. The van der Waals surface area contributed by atoms with E-state index in [2.05, 4.69) is 9.88 Å². The molecule has 1 saturated heterocycles. The molecule has 1 aromatic carbocycles. The first-order chi connectivity index (χ1) is 15.0. The molecule has 1 amide bonds. The molecule has 2 aliphatic rings. The van der Waals surface area contributed by atoms with Gasteiger partial charge in [-0.1, -0.05) is 6.07 Å². The maximum atomic E-state index is 13.8. The van der Waals surface area contributed by atoms with Crippen molar-refractivity contribution < 1.29 is 9.18 Å². The van der Waals surface area contributed by atoms with E-state index in [0.717, 1.165) is 29.5 Å². The summed E-state index contributed by atoms with van der Waals surface area (Å²) in [6.07, 6.45) is 4.34. The Morgan fingerprint density at radius 2 is 1.97 bits per heavy atom. The molecule has 0 spiro atoms. The van der Waals surface area contributed by atoms with Crippen LogP contribution in [0.15, 0.2) is 23.0 Å². The number of thiophene rings is 1. The monoisotopic (exact) mass is 440 g/mol. The number of hydrogen-bond donors (Lipinski definition) is 1. The molecule has 3 heterocycles. The number of aromatic nitrogens is 2. The number of H-pyrrole nitrogens is 1. The third kappa shape index (κ3) is 3.90. The molecule has 1 N–H and O–H groups in total. The highest BCUT2D eigenvalue weighted by molar-refractivity contribution is 7.18. The van der Waals surface area contributed by atoms with Crippen molar-refractivity contribution in [3.63, 3.8) is 0 Å². The number of nitrogens with zero attached hydrogens (tertiary/aromatic N) is 3. The van der Waals surface area contributed by atoms with Crippen LogP contribution in [0.4, 0.5) is 4.39 Å². The molecular weight excluding hydrogens is 415 g/mol. The van der Waals surface area contributed by atoms with Gasteiger partial charge in [0.1, 0.15) is 16.5 Å². The average molecular weight is 441 g/mol. The minimum Gasteiger partial charge on any atom is -0.336 e. The summed E-state index contributed by atoms with van der Waals surface area (Å²) in [6, 6.07) is 4.63. The maximum absolute atomic E-state index is 13.8. The van der Waals surface area contributed by atoms with Gasteiger partial charge in [0.25, 0.3) is 11.5 Å². The molecule has 2 aromatic heterocycles. The van der Waals surface area contributed by atoms with E-state index in [-0.39, 0.29) is 17.3 Å². The SMILES string of the molecule is Cc1ccc(C(=O)N2CCN(Cc3nc4sc5c(c4c(=O)[nH]3)CCCC5)CC2)cc1F. The zero-order chi connectivity index (χ0) is 21.5. The van der Waals surface area contributed by atoms with E-state index in [0.29, 0.717) is 49.7 Å². The van der Waals surface area contributed by atoms with E-state index in [1.807, 2.05) is 0 Å². The smallest absolute Gasteiger partial charge is 0.259 e. The number of fused-ring (bicyclic) bond motifs is 3. The number of aromatic amines is 1. The van der Waals surface area contributed by atoms with Crippen LogP contribution in [0.2, 0.25) is 0 Å². The number of rotatable bonds is 3. The standard InChI is InChI=1S/C23H25FN4O2S/c1-14-6-7-15(12-17(14)24)23(30)28-10-8-27(9-11-28)13-19-25-21(29)20-16-4-2-3-5-18(16)31-22(20)26-19/h6-7,12H,2-5,8-11,13H2,1H3,(H,25,26,29). The van der Waals surface area contributed by atoms with Crippen LogP contribution in [0, 0.1) is 12.7 Å². The van der Waals surface area contributed by atoms with Gasteiger partial charge in [-0.2, -0.15) is 0 Å². The summed E-state index contributed by atoms with van der Waals surface area (Å²) in [5.74, 6) is 0.178. The Kier molecular flexibility index (Phi) is 5.35. The third-order valence-electron chi connectivity index (χ3n) is 6.33. The van der Waals surface area contributed by atoms with Gasteiger partial charge >= 0.3 is 0 Å². The number of nitrogens with one attached hydrogen (secondary N) is 1. The highest BCUT2D eigenvalue weighted by atomic mass is 32.1. The van der Waals surface area contributed by atoms with Crippen LogP contribution >= 0.6 is 11.3 Å². The van der Waals surface area contributed by atoms with Gasteiger partial charge in [0.2, 0.25) is 0 Å². The van der Waals surface area contributed by atoms with Gasteiger partial charge in [0, 0.05) is 36.6 Å². The van der Waals surface area contributed by atoms with E-state index in [4.69, 9.17) is 4.98 Å². The molecule has 8 heteroatoms. The second-order valence-electron chi connectivity index (χ2n) is 8.44. The Morgan fingerprint density at radius 1 is 1.19 bits per heavy atom. The van der Waals surface area contributed by atoms with Crippen molar-refractivity contribution >= 4 is 27.5 Å². The fourth-order valence-electron chi connectivity index (χ4n) is 4.51. The summed E-state index contributed by atoms with van der Waals surface area (Å²) >= 11 is 1.66. The van der Waals surface area contributed by atoms with Crippen molar-refractivity contribution in [2.45, 2.75) is 39.2 Å². The van der Waals surface area contributed by atoms with Crippen molar-refractivity contribution in [2.24, 2.45) is 0 Å². The van der Waals surface area contributed by atoms with Crippen molar-refractivity contribution in [2.75, 3.05) is 26.2 Å². The fraction of sp³-hybridized carbons (Fsp3) is 0.435. The predicted molar refractivity (Wildman–Crippen MR) is 119 cm³/mol. The number of carbonyl (C=O) groups is 1. The second kappa shape index (κ2) is 8.16. The summed E-state index contributed by atoms with van der Waals surface area (Å²) in [5, 5.41) is 0.782. The summed E-state index contributed by atoms with van der Waals surface area (Å²) in [4.78, 5) is 39.3. The molecule has 162 valence electrons. The quantitative estimate of drug-likeness (QED) is 0.679. The minimum atomic E-state index is -0.356. The minimum absolute atomic E-state index is 0.0328. The Bertz CT molecular complexity index is 1210. The molecule has 31 heavy (non-hydrogen) atoms. The first-order valence-electron chi connectivity index (χ1n) is 10.8. The van der Waals surface area contributed by atoms with E-state index < -0.39 is 0 Å². The van der Waals surface area contributed by atoms with E-state index in [1.165, 1.54) is 22.9 Å². The highest BCUT2D eigenvalue weighted by Gasteiger charge is 2.24. The summed E-state index contributed by atoms with van der Waals surface area (Å²) < 4.78 is 13.8. The zero-order valence-electron chi connectivity index (χ0n) is 17.5. The van der Waals surface area contributed by atoms with Crippen LogP contribution < -0.4 is 5.56 Å². The molecule has 0 radical (unpaired) electrons. The highest BCUT2D eigenvalue weighted by Crippen LogP contribution is 2.33. The Hall–Kier alpha value is -2.58. The number of benzene rings is 1. The summed E-state index contributed by atoms with van der Waals surface area (Å²) in [5.41, 5.74) is 2.09. The molecule has 0 saturated carbocycles. The van der Waals surface area contributed by atoms with Crippen LogP contribution in [0.25, 0.3) is 10.2 Å². The lowest BCUT2D eigenvalue weighted by molar-refractivity contribution is 0.0625. The van der Waals surface area contributed by atoms with Crippen LogP contribution in [0.5, 0.6) is 0 Å². The molecule has 0 atom stereocenters. The van der Waals surface area contributed by atoms with Gasteiger partial charge in [0.15, 0.2) is 0 Å². The van der Waals surface area contributed by atoms with Gasteiger partial charge in [-0.05, 0) is 55.9 Å². The molecular formula is C23H25FN4O2S. The number of carbonyl (C=O) groups excluding carboxylic acids is 1. The first-order valence-corrected chi connectivity index (χ1v) is 11.6. The molecule has 1 aliphatic carbocycles. The first kappa shape index (κ1) is 20.3. The summed E-state index contributed by atoms with van der Waals surface area (Å²) in [7, 11) is 0. The summed E-state index contributed by atoms with van der Waals surface area (Å²) in [6.45, 7) is 4.73. The fourth-order valence-corrected chi connectivity index (χ4v) is 5.79. The Balaban J connectivity index is 1.26. The van der Waals surface area contributed by atoms with Crippen molar-refractivity contribution in [3.05, 3.63) is 61.8 Å². The molecule has 1 fully saturated rings. The maximum Gasteiger partial charge on any atom is 0.259 e. The van der Waals surface area contributed by atoms with Gasteiger partial charge in [-0.25, -0.2) is 9.37 Å². The van der Waals surface area contributed by atoms with Gasteiger partial charge in [-0.15, -0.1) is 11.3 Å². The molecule has 5 rings (SSSR count). The van der Waals surface area contributed by atoms with Gasteiger partial charge < -0.3 is 9.88 Å². The van der Waals surface area contributed by atoms with Crippen molar-refractivity contribution in [1.29, 1.82) is 0 Å². The second-order valence-corrected chi connectivity index (χ2v) is 9.52. The van der Waals surface area contributed by atoms with E-state index in [1.54, 1.807) is 35.3 Å². The van der Waals surface area contributed by atoms with E-state index >= 15 is 0 Å². The molecule has 0 bridgehead atoms. The average Bonchev–Trinajstić information content (AvgIpc) is 3.14. The Labute approximate surface area is 183 Å². The molecule has 1 aliphatic heterocycles. The number of aryl methyl sites for hydroxylation is 3. The van der Waals surface area contributed by atoms with Crippen LogP contribution in [-0.2, 0) is 19.4 Å². The number of piperazine rings is 1. The Morgan fingerprint density at radius 3 is 2.74 bits per heavy atom. The molecule has 0 unspecified atom stereocenters. The van der Waals surface area contributed by atoms with Crippen molar-refractivity contribution in [1.82, 2.24) is 19.8 Å². The van der Waals surface area contributed by atoms with Crippen molar-refractivity contribution in [3.8, 4) is 0 Å². The predicted octanol–water partition coefficient (Wildman–Crippen LogP) is 3.27. The van der Waals surface area contributed by atoms with Gasteiger partial charge in [0.05, 0.1) is 11.9 Å². The molecule has 3 aromatic rings. The lowest BCUT2D eigenvalue weighted by Crippen LogP contribution is -2.48.